The van der Waals surface area contributed by atoms with Crippen LogP contribution < -0.4 is 5.01 Å². The average molecular weight is 439 g/mol. The van der Waals surface area contributed by atoms with E-state index in [2.05, 4.69) is 4.18 Å². The Labute approximate surface area is 178 Å². The number of carbonyl (C=O) groups excluding carboxylic acids is 2. The van der Waals surface area contributed by atoms with Crippen molar-refractivity contribution in [1.82, 2.24) is 5.01 Å². The topological polar surface area (TPSA) is 104 Å². The second-order valence-electron chi connectivity index (χ2n) is 8.26. The first-order valence-electron chi connectivity index (χ1n) is 9.81. The van der Waals surface area contributed by atoms with Crippen LogP contribution in [-0.4, -0.2) is 49.8 Å². The summed E-state index contributed by atoms with van der Waals surface area (Å²) in [5, 5.41) is 13.1. The van der Waals surface area contributed by atoms with Gasteiger partial charge in [-0.25, -0.2) is 10.0 Å². The zero-order chi connectivity index (χ0) is 22.5. The summed E-state index contributed by atoms with van der Waals surface area (Å²) < 4.78 is 27.0. The van der Waals surface area contributed by atoms with Crippen LogP contribution in [0.25, 0.3) is 0 Å². The molecule has 1 atom stereocenters. The molecule has 1 fully saturated rings. The first-order chi connectivity index (χ1) is 14.0. The fourth-order valence-electron chi connectivity index (χ4n) is 3.06. The Balaban J connectivity index is 2.03. The zero-order valence-corrected chi connectivity index (χ0v) is 18.7. The molecule has 166 valence electrons. The molecule has 1 unspecified atom stereocenters. The second-order valence-corrected chi connectivity index (χ2v) is 10.1. The molecule has 0 spiro atoms. The van der Waals surface area contributed by atoms with Crippen LogP contribution in [0.3, 0.4) is 0 Å². The lowest BCUT2D eigenvalue weighted by molar-refractivity contribution is -0.127. The standard InChI is InChI=1S/C21H30N2O6S/c1-21(2,3)20(26)16-9-11-17(12-10-16)23-19(25)15-18(24)22(23)13-7-5-6-8-14-30(27,28)29-4/h5,7,9-12,20,26H,6,8,13-15H2,1-4H3/b7-5-. The van der Waals surface area contributed by atoms with Gasteiger partial charge in [0, 0.05) is 0 Å². The van der Waals surface area contributed by atoms with Crippen molar-refractivity contribution in [2.45, 2.75) is 46.1 Å². The van der Waals surface area contributed by atoms with Gasteiger partial charge in [0.05, 0.1) is 31.2 Å². The van der Waals surface area contributed by atoms with Crippen LogP contribution in [-0.2, 0) is 23.9 Å². The van der Waals surface area contributed by atoms with Crippen LogP contribution in [0, 0.1) is 5.41 Å². The number of allylic oxidation sites excluding steroid dienone is 1. The van der Waals surface area contributed by atoms with Crippen molar-refractivity contribution >= 4 is 27.6 Å². The van der Waals surface area contributed by atoms with E-state index in [-0.39, 0.29) is 35.9 Å². The number of amides is 2. The third-order valence-electron chi connectivity index (χ3n) is 4.81. The molecule has 9 heteroatoms. The number of aliphatic hydroxyl groups is 1. The number of hydrogen-bond donors (Lipinski definition) is 1. The van der Waals surface area contributed by atoms with Gasteiger partial charge in [-0.2, -0.15) is 8.42 Å². The fraction of sp³-hybridized carbons (Fsp3) is 0.524. The van der Waals surface area contributed by atoms with Gasteiger partial charge >= 0.3 is 0 Å². The average Bonchev–Trinajstić information content (AvgIpc) is 2.96. The Kier molecular flexibility index (Phi) is 7.79. The van der Waals surface area contributed by atoms with Gasteiger partial charge in [0.2, 0.25) is 0 Å². The van der Waals surface area contributed by atoms with E-state index >= 15 is 0 Å². The molecular weight excluding hydrogens is 408 g/mol. The number of hydrogen-bond acceptors (Lipinski definition) is 6. The fourth-order valence-corrected chi connectivity index (χ4v) is 3.75. The molecule has 0 saturated carbocycles. The molecule has 30 heavy (non-hydrogen) atoms. The third-order valence-corrected chi connectivity index (χ3v) is 6.10. The maximum absolute atomic E-state index is 12.4. The van der Waals surface area contributed by atoms with Crippen LogP contribution >= 0.6 is 0 Å². The van der Waals surface area contributed by atoms with E-state index in [1.165, 1.54) is 10.0 Å². The van der Waals surface area contributed by atoms with Crippen LogP contribution in [0.2, 0.25) is 0 Å². The van der Waals surface area contributed by atoms with E-state index in [1.54, 1.807) is 36.4 Å². The van der Waals surface area contributed by atoms with E-state index in [9.17, 15) is 23.1 Å². The van der Waals surface area contributed by atoms with E-state index in [1.807, 2.05) is 20.8 Å². The van der Waals surface area contributed by atoms with Gasteiger partial charge in [0.25, 0.3) is 21.9 Å². The molecule has 0 aliphatic carbocycles. The lowest BCUT2D eigenvalue weighted by atomic mass is 9.85. The quantitative estimate of drug-likeness (QED) is 0.275. The normalized spacial score (nSPS) is 16.7. The van der Waals surface area contributed by atoms with Crippen LogP contribution in [0.4, 0.5) is 5.69 Å². The number of rotatable bonds is 9. The van der Waals surface area contributed by atoms with Gasteiger partial charge in [0.15, 0.2) is 0 Å². The molecule has 2 rings (SSSR count). The molecule has 1 saturated heterocycles. The summed E-state index contributed by atoms with van der Waals surface area (Å²) in [7, 11) is -2.34. The Morgan fingerprint density at radius 2 is 1.77 bits per heavy atom. The summed E-state index contributed by atoms with van der Waals surface area (Å²) in [4.78, 5) is 24.6. The van der Waals surface area contributed by atoms with Crippen molar-refractivity contribution in [2.24, 2.45) is 5.41 Å². The van der Waals surface area contributed by atoms with E-state index in [0.29, 0.717) is 18.5 Å². The van der Waals surface area contributed by atoms with Crippen molar-refractivity contribution in [3.05, 3.63) is 42.0 Å². The summed E-state index contributed by atoms with van der Waals surface area (Å²) in [5.41, 5.74) is 0.970. The van der Waals surface area contributed by atoms with Gasteiger partial charge in [0.1, 0.15) is 6.42 Å². The summed E-state index contributed by atoms with van der Waals surface area (Å²) >= 11 is 0. The summed E-state index contributed by atoms with van der Waals surface area (Å²) in [6.45, 7) is 6.01. The SMILES string of the molecule is COS(=O)(=O)CCC/C=C\CN1C(=O)CC(=O)N1c1ccc(C(O)C(C)(C)C)cc1. The predicted octanol–water partition coefficient (Wildman–Crippen LogP) is 2.56. The molecule has 0 radical (unpaired) electrons. The molecule has 0 bridgehead atoms. The Hall–Kier alpha value is -2.23. The van der Waals surface area contributed by atoms with Crippen molar-refractivity contribution in [1.29, 1.82) is 0 Å². The summed E-state index contributed by atoms with van der Waals surface area (Å²) in [5.74, 6) is -0.692. The molecule has 1 aliphatic rings. The van der Waals surface area contributed by atoms with Crippen molar-refractivity contribution in [3.63, 3.8) is 0 Å². The molecule has 1 aromatic rings. The monoisotopic (exact) mass is 438 g/mol. The second kappa shape index (κ2) is 9.72. The zero-order valence-electron chi connectivity index (χ0n) is 17.9. The summed E-state index contributed by atoms with van der Waals surface area (Å²) in [6, 6.07) is 6.94. The van der Waals surface area contributed by atoms with E-state index < -0.39 is 16.2 Å². The van der Waals surface area contributed by atoms with Gasteiger partial charge in [-0.1, -0.05) is 45.1 Å². The predicted molar refractivity (Wildman–Crippen MR) is 114 cm³/mol. The number of aliphatic hydroxyl groups excluding tert-OH is 1. The van der Waals surface area contributed by atoms with Crippen LogP contribution in [0.5, 0.6) is 0 Å². The number of benzene rings is 1. The van der Waals surface area contributed by atoms with Crippen molar-refractivity contribution < 1.29 is 27.3 Å². The number of anilines is 1. The molecular formula is C21H30N2O6S. The van der Waals surface area contributed by atoms with Crippen molar-refractivity contribution in [3.8, 4) is 0 Å². The Morgan fingerprint density at radius 1 is 1.13 bits per heavy atom. The number of nitrogens with zero attached hydrogens (tertiary/aromatic N) is 2. The molecule has 2 amide bonds. The molecule has 0 aromatic heterocycles. The molecule has 8 nitrogen and oxygen atoms in total. The minimum absolute atomic E-state index is 0.0755. The maximum atomic E-state index is 12.4. The van der Waals surface area contributed by atoms with E-state index in [4.69, 9.17) is 0 Å². The largest absolute Gasteiger partial charge is 0.388 e. The minimum atomic E-state index is -3.47. The highest BCUT2D eigenvalue weighted by molar-refractivity contribution is 7.86. The van der Waals surface area contributed by atoms with E-state index in [0.717, 1.165) is 12.7 Å². The van der Waals surface area contributed by atoms with Gasteiger partial charge in [-0.3, -0.25) is 13.8 Å². The Morgan fingerprint density at radius 3 is 2.33 bits per heavy atom. The smallest absolute Gasteiger partial charge is 0.267 e. The number of hydrazine groups is 1. The Bertz CT molecular complexity index is 887. The highest BCUT2D eigenvalue weighted by Crippen LogP contribution is 2.34. The third kappa shape index (κ3) is 6.13. The lowest BCUT2D eigenvalue weighted by Crippen LogP contribution is -2.41. The van der Waals surface area contributed by atoms with Gasteiger partial charge < -0.3 is 5.11 Å². The van der Waals surface area contributed by atoms with Crippen LogP contribution in [0.1, 0.15) is 51.7 Å². The highest BCUT2D eigenvalue weighted by Gasteiger charge is 2.36. The van der Waals surface area contributed by atoms with Gasteiger partial charge in [-0.15, -0.1) is 0 Å². The highest BCUT2D eigenvalue weighted by atomic mass is 32.2. The maximum Gasteiger partial charge on any atom is 0.267 e. The first-order valence-corrected chi connectivity index (χ1v) is 11.4. The van der Waals surface area contributed by atoms with Crippen LogP contribution in [0.15, 0.2) is 36.4 Å². The number of carbonyl (C=O) groups is 2. The molecule has 1 aliphatic heterocycles. The molecule has 1 aromatic carbocycles. The van der Waals surface area contributed by atoms with Crippen molar-refractivity contribution in [2.75, 3.05) is 24.4 Å². The van der Waals surface area contributed by atoms with Gasteiger partial charge in [-0.05, 0) is 36.0 Å². The number of unbranched alkanes of at least 4 members (excludes halogenated alkanes) is 1. The summed E-state index contributed by atoms with van der Waals surface area (Å²) in [6.07, 6.45) is 3.58. The lowest BCUT2D eigenvalue weighted by Gasteiger charge is -2.29. The first kappa shape index (κ1) is 24.0. The molecule has 1 heterocycles. The molecule has 1 N–H and O–H groups in total. The minimum Gasteiger partial charge on any atom is -0.388 e.